The maximum Gasteiger partial charge on any atom is 0.161 e. The number of rotatable bonds is 2. The van der Waals surface area contributed by atoms with E-state index in [2.05, 4.69) is 34.2 Å². The van der Waals surface area contributed by atoms with Crippen molar-refractivity contribution >= 4 is 23.4 Å². The molecule has 1 aliphatic carbocycles. The van der Waals surface area contributed by atoms with Crippen LogP contribution in [0.2, 0.25) is 5.15 Å². The molecule has 4 heteroatoms. The van der Waals surface area contributed by atoms with E-state index in [-0.39, 0.29) is 0 Å². The summed E-state index contributed by atoms with van der Waals surface area (Å²) in [7, 11) is 0. The van der Waals surface area contributed by atoms with Crippen LogP contribution in [0.1, 0.15) is 35.6 Å². The van der Waals surface area contributed by atoms with Crippen molar-refractivity contribution in [2.45, 2.75) is 30.3 Å². The number of benzene rings is 1. The zero-order valence-electron chi connectivity index (χ0n) is 10.4. The topological polar surface area (TPSA) is 25.8 Å². The monoisotopic (exact) mass is 288 g/mol. The lowest BCUT2D eigenvalue weighted by molar-refractivity contribution is 1.07. The first-order valence-corrected chi connectivity index (χ1v) is 8.08. The van der Waals surface area contributed by atoms with Crippen LogP contribution in [-0.2, 0) is 11.5 Å². The zero-order valence-corrected chi connectivity index (χ0v) is 12.0. The van der Waals surface area contributed by atoms with E-state index in [9.17, 15) is 0 Å². The van der Waals surface area contributed by atoms with Crippen LogP contribution < -0.4 is 0 Å². The highest BCUT2D eigenvalue weighted by molar-refractivity contribution is 7.98. The van der Waals surface area contributed by atoms with Crippen LogP contribution in [0.5, 0.6) is 0 Å². The average molecular weight is 289 g/mol. The summed E-state index contributed by atoms with van der Waals surface area (Å²) >= 11 is 8.10. The molecule has 0 bridgehead atoms. The van der Waals surface area contributed by atoms with Gasteiger partial charge < -0.3 is 0 Å². The van der Waals surface area contributed by atoms with Crippen LogP contribution in [0, 0.1) is 0 Å². The fourth-order valence-electron chi connectivity index (χ4n) is 2.46. The number of fused-ring (bicyclic) bond motifs is 1. The summed E-state index contributed by atoms with van der Waals surface area (Å²) < 4.78 is 0. The van der Waals surface area contributed by atoms with Gasteiger partial charge in [-0.05, 0) is 24.3 Å². The maximum atomic E-state index is 6.25. The molecule has 1 aromatic heterocycles. The molecule has 2 nitrogen and oxygen atoms in total. The smallest absolute Gasteiger partial charge is 0.161 e. The number of aromatic nitrogens is 2. The molecule has 1 aliphatic heterocycles. The first-order valence-electron chi connectivity index (χ1n) is 6.54. The lowest BCUT2D eigenvalue weighted by atomic mass is 10.1. The minimum absolute atomic E-state index is 0.622. The molecule has 0 amide bonds. The van der Waals surface area contributed by atoms with Crippen LogP contribution in [-0.4, -0.2) is 9.97 Å². The fraction of sp³-hybridized carbons (Fsp3) is 0.333. The van der Waals surface area contributed by atoms with Crippen molar-refractivity contribution in [2.75, 3.05) is 0 Å². The van der Waals surface area contributed by atoms with E-state index in [0.717, 1.165) is 40.1 Å². The Morgan fingerprint density at radius 1 is 1.05 bits per heavy atom. The van der Waals surface area contributed by atoms with Crippen molar-refractivity contribution in [1.29, 1.82) is 0 Å². The highest BCUT2D eigenvalue weighted by atomic mass is 35.5. The van der Waals surface area contributed by atoms with Gasteiger partial charge in [-0.2, -0.15) is 11.8 Å². The third-order valence-electron chi connectivity index (χ3n) is 3.75. The molecule has 0 N–H and O–H groups in total. The van der Waals surface area contributed by atoms with Crippen LogP contribution >= 0.6 is 23.4 Å². The quantitative estimate of drug-likeness (QED) is 0.765. The van der Waals surface area contributed by atoms with E-state index >= 15 is 0 Å². The van der Waals surface area contributed by atoms with Gasteiger partial charge in [0, 0.05) is 22.6 Å². The molecule has 0 saturated heterocycles. The second-order valence-electron chi connectivity index (χ2n) is 5.15. The number of hydrogen-bond donors (Lipinski definition) is 0. The third kappa shape index (κ3) is 2.15. The van der Waals surface area contributed by atoms with E-state index in [1.54, 1.807) is 0 Å². The molecule has 96 valence electrons. The number of halogens is 1. The van der Waals surface area contributed by atoms with Gasteiger partial charge in [-0.15, -0.1) is 0 Å². The van der Waals surface area contributed by atoms with Gasteiger partial charge in [0.2, 0.25) is 0 Å². The standard InChI is InChI=1S/C15H13ClN2S/c16-14-12-7-19-8-13(12)17-15(18-14)11-5-3-10(4-6-11)9-1-2-9/h3-6,9H,1-2,7-8H2. The largest absolute Gasteiger partial charge is 0.232 e. The molecule has 1 saturated carbocycles. The first kappa shape index (κ1) is 11.7. The van der Waals surface area contributed by atoms with Gasteiger partial charge in [-0.1, -0.05) is 35.9 Å². The third-order valence-corrected chi connectivity index (χ3v) is 5.03. The van der Waals surface area contributed by atoms with Crippen molar-refractivity contribution in [3.63, 3.8) is 0 Å². The Morgan fingerprint density at radius 2 is 1.84 bits per heavy atom. The van der Waals surface area contributed by atoms with Crippen LogP contribution in [0.3, 0.4) is 0 Å². The molecule has 19 heavy (non-hydrogen) atoms. The van der Waals surface area contributed by atoms with Crippen molar-refractivity contribution < 1.29 is 0 Å². The molecule has 2 heterocycles. The van der Waals surface area contributed by atoms with Crippen molar-refractivity contribution in [1.82, 2.24) is 9.97 Å². The highest BCUT2D eigenvalue weighted by Crippen LogP contribution is 2.40. The summed E-state index contributed by atoms with van der Waals surface area (Å²) in [5, 5.41) is 0.622. The summed E-state index contributed by atoms with van der Waals surface area (Å²) in [6, 6.07) is 8.64. The summed E-state index contributed by atoms with van der Waals surface area (Å²) in [5.41, 5.74) is 4.72. The van der Waals surface area contributed by atoms with Crippen LogP contribution in [0.15, 0.2) is 24.3 Å². The van der Waals surface area contributed by atoms with E-state index in [0.29, 0.717) is 5.15 Å². The Labute approximate surface area is 121 Å². The highest BCUT2D eigenvalue weighted by Gasteiger charge is 2.23. The Balaban J connectivity index is 1.73. The molecule has 2 aliphatic rings. The summed E-state index contributed by atoms with van der Waals surface area (Å²) in [6.07, 6.45) is 2.66. The van der Waals surface area contributed by atoms with Crippen LogP contribution in [0.25, 0.3) is 11.4 Å². The average Bonchev–Trinajstić information content (AvgIpc) is 3.17. The number of nitrogens with zero attached hydrogens (tertiary/aromatic N) is 2. The van der Waals surface area contributed by atoms with Crippen molar-refractivity contribution in [3.8, 4) is 11.4 Å². The second-order valence-corrected chi connectivity index (χ2v) is 6.50. The van der Waals surface area contributed by atoms with Gasteiger partial charge in [-0.3, -0.25) is 0 Å². The lowest BCUT2D eigenvalue weighted by Crippen LogP contribution is -1.97. The Kier molecular flexibility index (Phi) is 2.78. The Hall–Kier alpha value is -1.06. The maximum absolute atomic E-state index is 6.25. The zero-order chi connectivity index (χ0) is 12.8. The summed E-state index contributed by atoms with van der Waals surface area (Å²) in [4.78, 5) is 9.10. The predicted molar refractivity (Wildman–Crippen MR) is 79.5 cm³/mol. The number of hydrogen-bond acceptors (Lipinski definition) is 3. The molecule has 2 aromatic rings. The second kappa shape index (κ2) is 4.50. The van der Waals surface area contributed by atoms with E-state index in [1.807, 2.05) is 11.8 Å². The predicted octanol–water partition coefficient (Wildman–Crippen LogP) is 4.42. The van der Waals surface area contributed by atoms with Crippen molar-refractivity contribution in [3.05, 3.63) is 46.2 Å². The molecule has 1 aromatic carbocycles. The molecular weight excluding hydrogens is 276 g/mol. The van der Waals surface area contributed by atoms with Gasteiger partial charge in [0.1, 0.15) is 5.15 Å². The number of thioether (sulfide) groups is 1. The molecule has 4 rings (SSSR count). The molecular formula is C15H13ClN2S. The Bertz CT molecular complexity index is 635. The molecule has 0 atom stereocenters. The van der Waals surface area contributed by atoms with E-state index in [4.69, 9.17) is 11.6 Å². The molecule has 0 spiro atoms. The van der Waals surface area contributed by atoms with Crippen molar-refractivity contribution in [2.24, 2.45) is 0 Å². The molecule has 0 radical (unpaired) electrons. The minimum atomic E-state index is 0.622. The minimum Gasteiger partial charge on any atom is -0.232 e. The fourth-order valence-corrected chi connectivity index (χ4v) is 3.84. The summed E-state index contributed by atoms with van der Waals surface area (Å²) in [6.45, 7) is 0. The van der Waals surface area contributed by atoms with Crippen LogP contribution in [0.4, 0.5) is 0 Å². The van der Waals surface area contributed by atoms with E-state index < -0.39 is 0 Å². The Morgan fingerprint density at radius 3 is 2.58 bits per heavy atom. The lowest BCUT2D eigenvalue weighted by Gasteiger charge is -2.06. The molecule has 1 fully saturated rings. The van der Waals surface area contributed by atoms with Gasteiger partial charge in [0.15, 0.2) is 5.82 Å². The van der Waals surface area contributed by atoms with Gasteiger partial charge in [0.25, 0.3) is 0 Å². The van der Waals surface area contributed by atoms with Gasteiger partial charge in [0.05, 0.1) is 5.69 Å². The van der Waals surface area contributed by atoms with E-state index in [1.165, 1.54) is 18.4 Å². The van der Waals surface area contributed by atoms with Gasteiger partial charge >= 0.3 is 0 Å². The normalized spacial score (nSPS) is 17.5. The first-order chi connectivity index (χ1) is 9.31. The summed E-state index contributed by atoms with van der Waals surface area (Å²) in [5.74, 6) is 3.43. The SMILES string of the molecule is Clc1nc(-c2ccc(C3CC3)cc2)nc2c1CSC2. The molecule has 0 unspecified atom stereocenters. The van der Waals surface area contributed by atoms with Gasteiger partial charge in [-0.25, -0.2) is 9.97 Å².